The topological polar surface area (TPSA) is 87.1 Å². The van der Waals surface area contributed by atoms with Crippen LogP contribution in [0.2, 0.25) is 0 Å². The summed E-state index contributed by atoms with van der Waals surface area (Å²) in [6, 6.07) is 6.79. The number of benzene rings is 1. The predicted molar refractivity (Wildman–Crippen MR) is 65.1 cm³/mol. The largest absolute Gasteiger partial charge is 0.497 e. The van der Waals surface area contributed by atoms with Crippen molar-refractivity contribution in [2.75, 3.05) is 25.1 Å². The van der Waals surface area contributed by atoms with Crippen molar-refractivity contribution in [1.82, 2.24) is 0 Å². The predicted octanol–water partition coefficient (Wildman–Crippen LogP) is 1.06. The molecule has 0 aliphatic carbocycles. The first-order chi connectivity index (χ1) is 8.52. The second-order valence-electron chi connectivity index (χ2n) is 3.66. The van der Waals surface area contributed by atoms with Gasteiger partial charge in [0.25, 0.3) is 0 Å². The zero-order valence-electron chi connectivity index (χ0n) is 10.00. The van der Waals surface area contributed by atoms with Gasteiger partial charge in [-0.25, -0.2) is 0 Å². The first-order valence-electron chi connectivity index (χ1n) is 5.35. The van der Waals surface area contributed by atoms with E-state index in [0.29, 0.717) is 11.4 Å². The molecule has 0 atom stereocenters. The second kappa shape index (κ2) is 6.48. The number of nitrogens with zero attached hydrogens (tertiary/aromatic N) is 1. The number of ether oxygens (including phenoxy) is 1. The van der Waals surface area contributed by atoms with Crippen molar-refractivity contribution in [1.29, 1.82) is 0 Å². The van der Waals surface area contributed by atoms with E-state index in [4.69, 9.17) is 14.9 Å². The molecule has 6 heteroatoms. The maximum atomic E-state index is 10.7. The van der Waals surface area contributed by atoms with Crippen molar-refractivity contribution in [2.45, 2.75) is 6.42 Å². The van der Waals surface area contributed by atoms with E-state index in [2.05, 4.69) is 0 Å². The molecular weight excluding hydrogens is 238 g/mol. The zero-order valence-corrected chi connectivity index (χ0v) is 10.00. The Kier molecular flexibility index (Phi) is 4.98. The Labute approximate surface area is 104 Å². The van der Waals surface area contributed by atoms with Crippen LogP contribution in [0.25, 0.3) is 0 Å². The molecule has 0 radical (unpaired) electrons. The number of hydrogen-bond acceptors (Lipinski definition) is 4. The average molecular weight is 253 g/mol. The summed E-state index contributed by atoms with van der Waals surface area (Å²) < 4.78 is 5.00. The van der Waals surface area contributed by atoms with Crippen LogP contribution >= 0.6 is 0 Å². The highest BCUT2D eigenvalue weighted by Gasteiger charge is 2.12. The van der Waals surface area contributed by atoms with Crippen LogP contribution in [0.4, 0.5) is 5.69 Å². The summed E-state index contributed by atoms with van der Waals surface area (Å²) in [6.45, 7) is -0.0897. The van der Waals surface area contributed by atoms with E-state index >= 15 is 0 Å². The van der Waals surface area contributed by atoms with Crippen LogP contribution in [-0.4, -0.2) is 42.4 Å². The molecule has 98 valence electrons. The summed E-state index contributed by atoms with van der Waals surface area (Å²) in [5.74, 6) is -1.30. The minimum atomic E-state index is -1.00. The Morgan fingerprint density at radius 2 is 1.78 bits per heavy atom. The monoisotopic (exact) mass is 253 g/mol. The normalized spacial score (nSPS) is 9.83. The Hall–Kier alpha value is -2.24. The molecule has 1 aromatic rings. The van der Waals surface area contributed by atoms with Gasteiger partial charge >= 0.3 is 11.9 Å². The van der Waals surface area contributed by atoms with Crippen LogP contribution in [0.5, 0.6) is 5.75 Å². The van der Waals surface area contributed by atoms with E-state index in [1.807, 2.05) is 0 Å². The number of methoxy groups -OCH3 is 1. The first kappa shape index (κ1) is 13.8. The molecule has 0 bridgehead atoms. The number of carboxylic acid groups (broad SMARTS) is 2. The molecule has 0 unspecified atom stereocenters. The molecule has 0 aliphatic rings. The van der Waals surface area contributed by atoms with Crippen molar-refractivity contribution >= 4 is 17.6 Å². The van der Waals surface area contributed by atoms with Gasteiger partial charge in [-0.1, -0.05) is 0 Å². The van der Waals surface area contributed by atoms with E-state index in [1.54, 1.807) is 24.3 Å². The number of carboxylic acids is 2. The van der Waals surface area contributed by atoms with Gasteiger partial charge < -0.3 is 19.8 Å². The summed E-state index contributed by atoms with van der Waals surface area (Å²) in [5.41, 5.74) is 0.652. The molecule has 0 spiro atoms. The van der Waals surface area contributed by atoms with E-state index in [0.717, 1.165) is 0 Å². The Bertz CT molecular complexity index is 415. The third kappa shape index (κ3) is 4.32. The average Bonchev–Trinajstić information content (AvgIpc) is 2.34. The first-order valence-corrected chi connectivity index (χ1v) is 5.35. The van der Waals surface area contributed by atoms with Crippen LogP contribution < -0.4 is 9.64 Å². The van der Waals surface area contributed by atoms with Crippen molar-refractivity contribution in [3.63, 3.8) is 0 Å². The third-order valence-corrected chi connectivity index (χ3v) is 2.36. The Balaban J connectivity index is 2.79. The molecule has 18 heavy (non-hydrogen) atoms. The Morgan fingerprint density at radius 3 is 2.22 bits per heavy atom. The quantitative estimate of drug-likeness (QED) is 0.755. The number of carbonyl (C=O) groups is 2. The number of anilines is 1. The number of rotatable bonds is 7. The lowest BCUT2D eigenvalue weighted by Crippen LogP contribution is -2.31. The lowest BCUT2D eigenvalue weighted by Gasteiger charge is -2.22. The van der Waals surface area contributed by atoms with Crippen LogP contribution in [-0.2, 0) is 9.59 Å². The summed E-state index contributed by atoms with van der Waals surface area (Å²) in [7, 11) is 1.54. The SMILES string of the molecule is COc1ccc(N(CCC(=O)O)CC(=O)O)cc1. The van der Waals surface area contributed by atoms with Crippen molar-refractivity contribution in [2.24, 2.45) is 0 Å². The fourth-order valence-electron chi connectivity index (χ4n) is 1.49. The third-order valence-electron chi connectivity index (χ3n) is 2.36. The van der Waals surface area contributed by atoms with Crippen LogP contribution in [0.1, 0.15) is 6.42 Å². The second-order valence-corrected chi connectivity index (χ2v) is 3.66. The standard InChI is InChI=1S/C12H15NO5/c1-18-10-4-2-9(3-5-10)13(8-12(16)17)7-6-11(14)15/h2-5H,6-8H2,1H3,(H,14,15)(H,16,17). The van der Waals surface area contributed by atoms with E-state index in [-0.39, 0.29) is 19.5 Å². The highest BCUT2D eigenvalue weighted by Crippen LogP contribution is 2.19. The van der Waals surface area contributed by atoms with Gasteiger partial charge in [-0.15, -0.1) is 0 Å². The van der Waals surface area contributed by atoms with Crippen LogP contribution in [0.3, 0.4) is 0 Å². The maximum absolute atomic E-state index is 10.7. The summed E-state index contributed by atoms with van der Waals surface area (Å²) in [5, 5.41) is 17.4. The van der Waals surface area contributed by atoms with E-state index < -0.39 is 11.9 Å². The number of hydrogen-bond donors (Lipinski definition) is 2. The highest BCUT2D eigenvalue weighted by molar-refractivity contribution is 5.74. The molecular formula is C12H15NO5. The molecule has 0 amide bonds. The minimum absolute atomic E-state index is 0.112. The number of aliphatic carboxylic acids is 2. The fourth-order valence-corrected chi connectivity index (χ4v) is 1.49. The molecule has 0 saturated carbocycles. The van der Waals surface area contributed by atoms with Gasteiger partial charge in [-0.05, 0) is 24.3 Å². The maximum Gasteiger partial charge on any atom is 0.323 e. The fraction of sp³-hybridized carbons (Fsp3) is 0.333. The van der Waals surface area contributed by atoms with Crippen molar-refractivity contribution < 1.29 is 24.5 Å². The smallest absolute Gasteiger partial charge is 0.323 e. The molecule has 0 aliphatic heterocycles. The van der Waals surface area contributed by atoms with Gasteiger partial charge in [0, 0.05) is 12.2 Å². The van der Waals surface area contributed by atoms with Gasteiger partial charge in [-0.3, -0.25) is 9.59 Å². The summed E-state index contributed by atoms with van der Waals surface area (Å²) in [4.78, 5) is 22.8. The highest BCUT2D eigenvalue weighted by atomic mass is 16.5. The van der Waals surface area contributed by atoms with Crippen LogP contribution in [0.15, 0.2) is 24.3 Å². The van der Waals surface area contributed by atoms with E-state index in [1.165, 1.54) is 12.0 Å². The van der Waals surface area contributed by atoms with Gasteiger partial charge in [0.05, 0.1) is 13.5 Å². The minimum Gasteiger partial charge on any atom is -0.497 e. The molecule has 6 nitrogen and oxygen atoms in total. The van der Waals surface area contributed by atoms with Crippen LogP contribution in [0, 0.1) is 0 Å². The summed E-state index contributed by atoms with van der Waals surface area (Å²) in [6.07, 6.45) is -0.112. The molecule has 0 aromatic heterocycles. The lowest BCUT2D eigenvalue weighted by atomic mass is 10.2. The van der Waals surface area contributed by atoms with E-state index in [9.17, 15) is 9.59 Å². The van der Waals surface area contributed by atoms with Gasteiger partial charge in [0.15, 0.2) is 0 Å². The lowest BCUT2D eigenvalue weighted by molar-refractivity contribution is -0.138. The van der Waals surface area contributed by atoms with Gasteiger partial charge in [-0.2, -0.15) is 0 Å². The molecule has 1 aromatic carbocycles. The zero-order chi connectivity index (χ0) is 13.5. The Morgan fingerprint density at radius 1 is 1.17 bits per heavy atom. The van der Waals surface area contributed by atoms with Crippen molar-refractivity contribution in [3.8, 4) is 5.75 Å². The summed E-state index contributed by atoms with van der Waals surface area (Å²) >= 11 is 0. The van der Waals surface area contributed by atoms with Gasteiger partial charge in [0.1, 0.15) is 12.3 Å². The molecule has 0 fully saturated rings. The van der Waals surface area contributed by atoms with Crippen molar-refractivity contribution in [3.05, 3.63) is 24.3 Å². The van der Waals surface area contributed by atoms with Gasteiger partial charge in [0.2, 0.25) is 0 Å². The molecule has 0 saturated heterocycles. The molecule has 1 rings (SSSR count). The molecule has 0 heterocycles. The molecule has 2 N–H and O–H groups in total.